The van der Waals surface area contributed by atoms with Gasteiger partial charge in [-0.1, -0.05) is 17.7 Å². The molecular weight excluding hydrogens is 458 g/mol. The van der Waals surface area contributed by atoms with Crippen LogP contribution in [0, 0.1) is 0 Å². The van der Waals surface area contributed by atoms with Crippen LogP contribution >= 0.6 is 11.6 Å². The van der Waals surface area contributed by atoms with Crippen LogP contribution in [0.25, 0.3) is 0 Å². The Morgan fingerprint density at radius 2 is 1.69 bits per heavy atom. The Bertz CT molecular complexity index is 1070. The van der Waals surface area contributed by atoms with Crippen LogP contribution in [0.1, 0.15) is 29.8 Å². The highest BCUT2D eigenvalue weighted by molar-refractivity contribution is 7.90. The van der Waals surface area contributed by atoms with Gasteiger partial charge in [0.05, 0.1) is 28.7 Å². The number of sulfone groups is 1. The maximum absolute atomic E-state index is 12.2. The van der Waals surface area contributed by atoms with Gasteiger partial charge >= 0.3 is 5.97 Å². The van der Waals surface area contributed by atoms with E-state index in [4.69, 9.17) is 25.8 Å². The average molecular weight is 484 g/mol. The van der Waals surface area contributed by atoms with E-state index in [2.05, 4.69) is 5.32 Å². The highest BCUT2D eigenvalue weighted by atomic mass is 35.5. The molecule has 0 radical (unpaired) electrons. The molecule has 0 bridgehead atoms. The quantitative estimate of drug-likeness (QED) is 0.489. The molecule has 0 heterocycles. The lowest BCUT2D eigenvalue weighted by atomic mass is 10.1. The first-order valence-electron chi connectivity index (χ1n) is 9.97. The molecule has 0 saturated heterocycles. The van der Waals surface area contributed by atoms with E-state index < -0.39 is 28.3 Å². The van der Waals surface area contributed by atoms with Crippen LogP contribution in [0.3, 0.4) is 0 Å². The number of halogens is 1. The first-order valence-corrected chi connectivity index (χ1v) is 12.2. The summed E-state index contributed by atoms with van der Waals surface area (Å²) in [5.41, 5.74) is 0.818. The number of esters is 1. The van der Waals surface area contributed by atoms with Crippen molar-refractivity contribution in [3.05, 3.63) is 52.5 Å². The summed E-state index contributed by atoms with van der Waals surface area (Å²) in [4.78, 5) is 24.2. The molecule has 0 aliphatic rings. The van der Waals surface area contributed by atoms with Gasteiger partial charge in [-0.3, -0.25) is 4.79 Å². The smallest absolute Gasteiger partial charge is 0.340 e. The zero-order valence-corrected chi connectivity index (χ0v) is 19.7. The Balaban J connectivity index is 1.88. The molecule has 0 aromatic heterocycles. The van der Waals surface area contributed by atoms with E-state index in [9.17, 15) is 18.0 Å². The molecule has 0 fully saturated rings. The molecule has 1 amide bonds. The molecule has 8 nitrogen and oxygen atoms in total. The van der Waals surface area contributed by atoms with E-state index >= 15 is 0 Å². The fourth-order valence-electron chi connectivity index (χ4n) is 2.75. The van der Waals surface area contributed by atoms with E-state index in [1.807, 2.05) is 32.0 Å². The number of benzene rings is 2. The Hall–Kier alpha value is -2.78. The average Bonchev–Trinajstić information content (AvgIpc) is 2.73. The van der Waals surface area contributed by atoms with Crippen LogP contribution in [-0.4, -0.2) is 52.9 Å². The van der Waals surface area contributed by atoms with Crippen molar-refractivity contribution in [3.8, 4) is 11.5 Å². The van der Waals surface area contributed by atoms with Crippen molar-refractivity contribution in [2.45, 2.75) is 25.2 Å². The van der Waals surface area contributed by atoms with Gasteiger partial charge in [-0.15, -0.1) is 0 Å². The third kappa shape index (κ3) is 7.42. The third-order valence-corrected chi connectivity index (χ3v) is 5.70. The summed E-state index contributed by atoms with van der Waals surface area (Å²) >= 11 is 5.96. The molecule has 0 aliphatic heterocycles. The number of hydrogen-bond acceptors (Lipinski definition) is 7. The molecule has 10 heteroatoms. The van der Waals surface area contributed by atoms with Gasteiger partial charge in [0, 0.05) is 12.8 Å². The number of amides is 1. The number of nitrogens with one attached hydrogen (secondary N) is 1. The lowest BCUT2D eigenvalue weighted by molar-refractivity contribution is -0.124. The lowest BCUT2D eigenvalue weighted by Gasteiger charge is -2.13. The lowest BCUT2D eigenvalue weighted by Crippen LogP contribution is -2.30. The fourth-order valence-corrected chi connectivity index (χ4v) is 3.59. The van der Waals surface area contributed by atoms with Crippen molar-refractivity contribution in [2.75, 3.05) is 32.6 Å². The first-order chi connectivity index (χ1) is 15.2. The van der Waals surface area contributed by atoms with Gasteiger partial charge in [-0.25, -0.2) is 13.2 Å². The van der Waals surface area contributed by atoms with Gasteiger partial charge in [-0.05, 0) is 56.2 Å². The molecule has 32 heavy (non-hydrogen) atoms. The van der Waals surface area contributed by atoms with Gasteiger partial charge in [0.1, 0.15) is 0 Å². The molecule has 1 N–H and O–H groups in total. The van der Waals surface area contributed by atoms with E-state index in [1.54, 1.807) is 0 Å². The number of ether oxygens (including phenoxy) is 3. The summed E-state index contributed by atoms with van der Waals surface area (Å²) in [5.74, 6) is -0.0822. The van der Waals surface area contributed by atoms with Crippen molar-refractivity contribution in [3.63, 3.8) is 0 Å². The summed E-state index contributed by atoms with van der Waals surface area (Å²) in [6.45, 7) is 4.60. The van der Waals surface area contributed by atoms with Gasteiger partial charge in [-0.2, -0.15) is 0 Å². The van der Waals surface area contributed by atoms with E-state index in [0.717, 1.165) is 17.9 Å². The van der Waals surface area contributed by atoms with E-state index in [1.165, 1.54) is 12.1 Å². The number of carbonyl (C=O) groups is 2. The second kappa shape index (κ2) is 11.7. The summed E-state index contributed by atoms with van der Waals surface area (Å²) in [6, 6.07) is 9.27. The topological polar surface area (TPSA) is 108 Å². The van der Waals surface area contributed by atoms with Crippen LogP contribution in [0.4, 0.5) is 0 Å². The summed E-state index contributed by atoms with van der Waals surface area (Å²) in [6.07, 6.45) is 1.55. The van der Waals surface area contributed by atoms with E-state index in [-0.39, 0.29) is 15.5 Å². The molecule has 0 unspecified atom stereocenters. The summed E-state index contributed by atoms with van der Waals surface area (Å²) in [5, 5.41) is 2.69. The molecular formula is C22H26ClNO7S. The summed E-state index contributed by atoms with van der Waals surface area (Å²) < 4.78 is 39.4. The maximum atomic E-state index is 12.2. The minimum Gasteiger partial charge on any atom is -0.490 e. The standard InChI is InChI=1S/C22H26ClNO7S/c1-4-29-19-9-6-15(12-20(19)30-5-2)10-11-24-21(25)14-31-22(26)17-13-16(32(3,27)28)7-8-18(17)23/h6-9,12-13H,4-5,10-11,14H2,1-3H3,(H,24,25). The first kappa shape index (κ1) is 25.5. The van der Waals surface area contributed by atoms with Crippen LogP contribution in [0.15, 0.2) is 41.3 Å². The zero-order valence-electron chi connectivity index (χ0n) is 18.1. The summed E-state index contributed by atoms with van der Waals surface area (Å²) in [7, 11) is -3.52. The molecule has 2 rings (SSSR count). The maximum Gasteiger partial charge on any atom is 0.340 e. The van der Waals surface area contributed by atoms with Gasteiger partial charge < -0.3 is 19.5 Å². The minimum absolute atomic E-state index is 0.0309. The monoisotopic (exact) mass is 483 g/mol. The normalized spacial score (nSPS) is 11.0. The van der Waals surface area contributed by atoms with Crippen LogP contribution in [0.5, 0.6) is 11.5 Å². The molecule has 2 aromatic rings. The highest BCUT2D eigenvalue weighted by Crippen LogP contribution is 2.28. The van der Waals surface area contributed by atoms with Crippen molar-refractivity contribution < 1.29 is 32.2 Å². The highest BCUT2D eigenvalue weighted by Gasteiger charge is 2.17. The predicted molar refractivity (Wildman–Crippen MR) is 120 cm³/mol. The van der Waals surface area contributed by atoms with Gasteiger partial charge in [0.25, 0.3) is 5.91 Å². The molecule has 0 spiro atoms. The molecule has 0 aliphatic carbocycles. The number of rotatable bonds is 11. The second-order valence-corrected chi connectivity index (χ2v) is 9.16. The molecule has 174 valence electrons. The Labute approximate surface area is 192 Å². The second-order valence-electron chi connectivity index (χ2n) is 6.74. The molecule has 0 atom stereocenters. The van der Waals surface area contributed by atoms with Crippen molar-refractivity contribution >= 4 is 33.3 Å². The molecule has 0 saturated carbocycles. The van der Waals surface area contributed by atoms with Gasteiger partial charge in [0.15, 0.2) is 27.9 Å². The Morgan fingerprint density at radius 3 is 2.34 bits per heavy atom. The van der Waals surface area contributed by atoms with Crippen LogP contribution in [0.2, 0.25) is 5.02 Å². The SMILES string of the molecule is CCOc1ccc(CCNC(=O)COC(=O)c2cc(S(C)(=O)=O)ccc2Cl)cc1OCC. The third-order valence-electron chi connectivity index (χ3n) is 4.26. The number of hydrogen-bond donors (Lipinski definition) is 1. The van der Waals surface area contributed by atoms with Crippen molar-refractivity contribution in [1.82, 2.24) is 5.32 Å². The van der Waals surface area contributed by atoms with Crippen molar-refractivity contribution in [1.29, 1.82) is 0 Å². The van der Waals surface area contributed by atoms with Gasteiger partial charge in [0.2, 0.25) is 0 Å². The Kier molecular flexibility index (Phi) is 9.34. The Morgan fingerprint density at radius 1 is 1.00 bits per heavy atom. The van der Waals surface area contributed by atoms with Crippen LogP contribution in [-0.2, 0) is 25.8 Å². The zero-order chi connectivity index (χ0) is 23.7. The fraction of sp³-hybridized carbons (Fsp3) is 0.364. The van der Waals surface area contributed by atoms with E-state index in [0.29, 0.717) is 37.7 Å². The van der Waals surface area contributed by atoms with Crippen molar-refractivity contribution in [2.24, 2.45) is 0 Å². The van der Waals surface area contributed by atoms with Crippen LogP contribution < -0.4 is 14.8 Å². The molecule has 2 aromatic carbocycles. The largest absolute Gasteiger partial charge is 0.490 e. The minimum atomic E-state index is -3.52. The number of carbonyl (C=O) groups excluding carboxylic acids is 2. The predicted octanol–water partition coefficient (Wildman–Crippen LogP) is 3.06.